The Morgan fingerprint density at radius 2 is 1.88 bits per heavy atom. The number of nitrogens with one attached hydrogen (secondary N) is 1. The maximum absolute atomic E-state index is 9.72. The van der Waals surface area contributed by atoms with Gasteiger partial charge >= 0.3 is 10.3 Å². The van der Waals surface area contributed by atoms with Gasteiger partial charge in [0.2, 0.25) is 0 Å². The zero-order valence-electron chi connectivity index (χ0n) is 3.51. The summed E-state index contributed by atoms with van der Waals surface area (Å²) in [6.07, 6.45) is 0. The zero-order valence-corrected chi connectivity index (χ0v) is 5.83. The summed E-state index contributed by atoms with van der Waals surface area (Å²) in [4.78, 5) is -1.30. The Balaban J connectivity index is 3.75. The van der Waals surface area contributed by atoms with E-state index in [9.17, 15) is 8.42 Å². The third kappa shape index (κ3) is 6.45. The molecule has 0 aliphatic carbocycles. The normalized spacial score (nSPS) is 12.5. The van der Waals surface area contributed by atoms with Crippen LogP contribution >= 0.6 is 23.2 Å². The van der Waals surface area contributed by atoms with Gasteiger partial charge < -0.3 is 0 Å². The Morgan fingerprint density at radius 1 is 1.50 bits per heavy atom. The second-order valence-corrected chi connectivity index (χ2v) is 3.18. The fourth-order valence-electron chi connectivity index (χ4n) is 0.113. The Labute approximate surface area is 56.7 Å². The summed E-state index contributed by atoms with van der Waals surface area (Å²) in [5.41, 5.74) is 0. The molecule has 0 unspecified atom stereocenters. The number of alkyl halides is 2. The fraction of sp³-hybridized carbons (Fsp3) is 1.00. The molecule has 0 amide bonds. The van der Waals surface area contributed by atoms with Gasteiger partial charge in [0.1, 0.15) is 0 Å². The average Bonchev–Trinajstić information content (AvgIpc) is 1.21. The average molecular weight is 180 g/mol. The number of hydrogen-bond acceptors (Lipinski definition) is 2. The van der Waals surface area contributed by atoms with Crippen LogP contribution in [0.3, 0.4) is 0 Å². The Hall–Kier alpha value is 0.450. The quantitative estimate of drug-likeness (QED) is 0.360. The molecule has 0 aliphatic heterocycles. The molecule has 0 bridgehead atoms. The molecule has 0 heterocycles. The maximum atomic E-state index is 9.72. The smallest absolute Gasteiger partial charge is 0.273 e. The molecule has 0 aliphatic rings. The third-order valence-electron chi connectivity index (χ3n) is 0.238. The van der Waals surface area contributed by atoms with E-state index in [0.29, 0.717) is 0 Å². The molecular weight excluding hydrogens is 177 g/mol. The molecule has 0 spiro atoms. The van der Waals surface area contributed by atoms with Gasteiger partial charge in [0, 0.05) is 0 Å². The molecule has 0 rings (SSSR count). The van der Waals surface area contributed by atoms with Gasteiger partial charge in [-0.1, -0.05) is 23.2 Å². The van der Waals surface area contributed by atoms with Crippen LogP contribution in [-0.4, -0.2) is 17.9 Å². The van der Waals surface area contributed by atoms with Gasteiger partial charge in [0.25, 0.3) is 0 Å². The monoisotopic (exact) mass is 179 g/mol. The van der Waals surface area contributed by atoms with Gasteiger partial charge in [0.05, 0.1) is 0 Å². The molecule has 0 radical (unpaired) electrons. The second-order valence-electron chi connectivity index (χ2n) is 0.894. The lowest BCUT2D eigenvalue weighted by Gasteiger charge is -1.96. The molecule has 0 aromatic heterocycles. The van der Waals surface area contributed by atoms with Crippen LogP contribution in [0.1, 0.15) is 0 Å². The van der Waals surface area contributed by atoms with E-state index in [1.807, 2.05) is 0 Å². The van der Waals surface area contributed by atoms with Crippen LogP contribution in [0.4, 0.5) is 0 Å². The highest BCUT2D eigenvalue weighted by molar-refractivity contribution is 7.83. The van der Waals surface area contributed by atoms with Crippen molar-refractivity contribution >= 4 is 33.5 Å². The predicted molar refractivity (Wildman–Crippen MR) is 30.2 cm³/mol. The fourth-order valence-corrected chi connectivity index (χ4v) is 1.01. The van der Waals surface area contributed by atoms with Gasteiger partial charge in [-0.3, -0.25) is 4.55 Å². The molecule has 7 heteroatoms. The molecule has 0 saturated carbocycles. The van der Waals surface area contributed by atoms with E-state index in [0.717, 1.165) is 0 Å². The molecule has 0 atom stereocenters. The molecular formula is CH3Cl2NO3S. The first-order valence-corrected chi connectivity index (χ1v) is 3.76. The minimum Gasteiger partial charge on any atom is -0.273 e. The number of halogens is 2. The van der Waals surface area contributed by atoms with Gasteiger partial charge in [-0.25, -0.2) is 0 Å². The first kappa shape index (κ1) is 8.45. The van der Waals surface area contributed by atoms with E-state index in [1.54, 1.807) is 0 Å². The molecule has 0 saturated heterocycles. The highest BCUT2D eigenvalue weighted by Crippen LogP contribution is 1.96. The lowest BCUT2D eigenvalue weighted by molar-refractivity contribution is 0.470. The summed E-state index contributed by atoms with van der Waals surface area (Å²) in [6, 6.07) is 0. The number of hydrogen-bond donors (Lipinski definition) is 2. The number of rotatable bonds is 2. The van der Waals surface area contributed by atoms with E-state index in [1.165, 1.54) is 4.72 Å². The topological polar surface area (TPSA) is 66.4 Å². The summed E-state index contributed by atoms with van der Waals surface area (Å²) in [6.45, 7) is 0. The molecule has 4 nitrogen and oxygen atoms in total. The van der Waals surface area contributed by atoms with Crippen LogP contribution in [0, 0.1) is 0 Å². The minimum atomic E-state index is -4.24. The van der Waals surface area contributed by atoms with Gasteiger partial charge in [-0.05, 0) is 0 Å². The van der Waals surface area contributed by atoms with Gasteiger partial charge in [0.15, 0.2) is 4.96 Å². The molecule has 8 heavy (non-hydrogen) atoms. The van der Waals surface area contributed by atoms with E-state index in [-0.39, 0.29) is 0 Å². The van der Waals surface area contributed by atoms with Gasteiger partial charge in [-0.2, -0.15) is 13.1 Å². The van der Waals surface area contributed by atoms with Crippen LogP contribution in [0.15, 0.2) is 0 Å². The van der Waals surface area contributed by atoms with Crippen LogP contribution in [0.2, 0.25) is 0 Å². The van der Waals surface area contributed by atoms with Crippen molar-refractivity contribution in [2.75, 3.05) is 0 Å². The van der Waals surface area contributed by atoms with Crippen molar-refractivity contribution in [3.63, 3.8) is 0 Å². The molecule has 0 aromatic rings. The van der Waals surface area contributed by atoms with Crippen molar-refractivity contribution in [1.82, 2.24) is 4.72 Å². The van der Waals surface area contributed by atoms with E-state index >= 15 is 0 Å². The first-order chi connectivity index (χ1) is 3.42. The largest absolute Gasteiger partial charge is 0.335 e. The van der Waals surface area contributed by atoms with Crippen LogP contribution in [0.5, 0.6) is 0 Å². The van der Waals surface area contributed by atoms with Crippen molar-refractivity contribution in [3.05, 3.63) is 0 Å². The van der Waals surface area contributed by atoms with Gasteiger partial charge in [-0.15, -0.1) is 0 Å². The highest BCUT2D eigenvalue weighted by atomic mass is 35.5. The van der Waals surface area contributed by atoms with Crippen LogP contribution < -0.4 is 4.72 Å². The van der Waals surface area contributed by atoms with E-state index in [2.05, 4.69) is 0 Å². The SMILES string of the molecule is O=S(=O)(O)NC(Cl)Cl. The Morgan fingerprint density at radius 3 is 1.88 bits per heavy atom. The maximum Gasteiger partial charge on any atom is 0.335 e. The third-order valence-corrected chi connectivity index (χ3v) is 1.25. The summed E-state index contributed by atoms with van der Waals surface area (Å²) in [5.74, 6) is 0. The first-order valence-electron chi connectivity index (χ1n) is 1.45. The van der Waals surface area contributed by atoms with E-state index < -0.39 is 15.3 Å². The van der Waals surface area contributed by atoms with Crippen molar-refractivity contribution < 1.29 is 13.0 Å². The standard InChI is InChI=1S/CH3Cl2NO3S/c2-1(3)4-8(5,6)7/h1,4H,(H,5,6,7). The Bertz CT molecular complexity index is 151. The lowest BCUT2D eigenvalue weighted by Crippen LogP contribution is -2.25. The summed E-state index contributed by atoms with van der Waals surface area (Å²) in [7, 11) is -4.24. The Kier molecular flexibility index (Phi) is 3.00. The summed E-state index contributed by atoms with van der Waals surface area (Å²) in [5, 5.41) is 0. The summed E-state index contributed by atoms with van der Waals surface area (Å²) >= 11 is 9.76. The van der Waals surface area contributed by atoms with Crippen molar-refractivity contribution in [3.8, 4) is 0 Å². The zero-order chi connectivity index (χ0) is 6.78. The van der Waals surface area contributed by atoms with Crippen molar-refractivity contribution in [1.29, 1.82) is 0 Å². The molecule has 50 valence electrons. The lowest BCUT2D eigenvalue weighted by atomic mass is 11.5. The summed E-state index contributed by atoms with van der Waals surface area (Å²) < 4.78 is 28.8. The second kappa shape index (κ2) is 2.84. The van der Waals surface area contributed by atoms with Crippen molar-refractivity contribution in [2.24, 2.45) is 0 Å². The van der Waals surface area contributed by atoms with Crippen LogP contribution in [-0.2, 0) is 10.3 Å². The van der Waals surface area contributed by atoms with Crippen molar-refractivity contribution in [2.45, 2.75) is 4.96 Å². The molecule has 0 aromatic carbocycles. The molecule has 2 N–H and O–H groups in total. The van der Waals surface area contributed by atoms with E-state index in [4.69, 9.17) is 27.8 Å². The predicted octanol–water partition coefficient (Wildman–Crippen LogP) is 0.140. The van der Waals surface area contributed by atoms with Crippen LogP contribution in [0.25, 0.3) is 0 Å². The highest BCUT2D eigenvalue weighted by Gasteiger charge is 2.06. The minimum absolute atomic E-state index is 1.30. The molecule has 0 fully saturated rings.